The number of anilines is 2. The van der Waals surface area contributed by atoms with Crippen molar-refractivity contribution >= 4 is 46.0 Å². The molecule has 0 saturated heterocycles. The maximum atomic E-state index is 13.6. The Balaban J connectivity index is 1.33. The molecule has 0 aliphatic carbocycles. The van der Waals surface area contributed by atoms with Gasteiger partial charge in [-0.1, -0.05) is 75.6 Å². The van der Waals surface area contributed by atoms with Gasteiger partial charge in [0.25, 0.3) is 0 Å². The molecule has 4 N–H and O–H groups in total. The smallest absolute Gasteiger partial charge is 0.170 e. The highest BCUT2D eigenvalue weighted by atomic mass is 32.1. The van der Waals surface area contributed by atoms with Gasteiger partial charge >= 0.3 is 0 Å². The summed E-state index contributed by atoms with van der Waals surface area (Å²) in [4.78, 5) is 0. The third-order valence-corrected chi connectivity index (χ3v) is 5.91. The molecular weight excluding hydrogens is 470 g/mol. The minimum atomic E-state index is -0.304. The van der Waals surface area contributed by atoms with E-state index >= 15 is 0 Å². The maximum Gasteiger partial charge on any atom is 0.170 e. The molecule has 8 heteroatoms. The van der Waals surface area contributed by atoms with Crippen molar-refractivity contribution < 1.29 is 8.78 Å². The summed E-state index contributed by atoms with van der Waals surface area (Å²) in [5, 5.41) is 13.0. The first kappa shape index (κ1) is 27.9. The third kappa shape index (κ3) is 12.2. The van der Waals surface area contributed by atoms with E-state index in [0.717, 1.165) is 25.9 Å². The minimum absolute atomic E-state index is 0.304. The van der Waals surface area contributed by atoms with Gasteiger partial charge in [-0.2, -0.15) is 0 Å². The van der Waals surface area contributed by atoms with Crippen LogP contribution < -0.4 is 21.3 Å². The highest BCUT2D eigenvalue weighted by Gasteiger charge is 2.03. The predicted octanol–water partition coefficient (Wildman–Crippen LogP) is 7.14. The average molecular weight is 507 g/mol. The monoisotopic (exact) mass is 506 g/mol. The Hall–Kier alpha value is -2.32. The molecule has 0 aliphatic rings. The van der Waals surface area contributed by atoms with Gasteiger partial charge in [0.05, 0.1) is 11.4 Å². The van der Waals surface area contributed by atoms with Gasteiger partial charge in [-0.15, -0.1) is 0 Å². The molecule has 2 aromatic carbocycles. The van der Waals surface area contributed by atoms with E-state index in [4.69, 9.17) is 24.4 Å². The van der Waals surface area contributed by atoms with Crippen molar-refractivity contribution in [2.24, 2.45) is 0 Å². The Morgan fingerprint density at radius 2 is 0.853 bits per heavy atom. The van der Waals surface area contributed by atoms with E-state index in [9.17, 15) is 8.78 Å². The fraction of sp³-hybridized carbons (Fsp3) is 0.462. The van der Waals surface area contributed by atoms with Gasteiger partial charge in [0.15, 0.2) is 10.2 Å². The maximum absolute atomic E-state index is 13.6. The number of hydrogen-bond acceptors (Lipinski definition) is 2. The lowest BCUT2D eigenvalue weighted by Crippen LogP contribution is -2.29. The Morgan fingerprint density at radius 1 is 0.529 bits per heavy atom. The van der Waals surface area contributed by atoms with Crippen LogP contribution in [0, 0.1) is 11.6 Å². The van der Waals surface area contributed by atoms with Crippen LogP contribution in [0.15, 0.2) is 48.5 Å². The molecule has 34 heavy (non-hydrogen) atoms. The molecular formula is C26H36F2N4S2. The van der Waals surface area contributed by atoms with Crippen molar-refractivity contribution in [1.82, 2.24) is 10.6 Å². The van der Waals surface area contributed by atoms with Crippen LogP contribution in [-0.4, -0.2) is 23.3 Å². The molecule has 2 aromatic rings. The number of hydrogen-bond donors (Lipinski definition) is 4. The fourth-order valence-corrected chi connectivity index (χ4v) is 3.95. The van der Waals surface area contributed by atoms with Gasteiger partial charge in [0.1, 0.15) is 11.6 Å². The topological polar surface area (TPSA) is 48.1 Å². The van der Waals surface area contributed by atoms with Crippen LogP contribution >= 0.6 is 24.4 Å². The molecule has 0 aromatic heterocycles. The second-order valence-corrected chi connectivity index (χ2v) is 9.07. The number of thiocarbonyl (C=S) groups is 2. The van der Waals surface area contributed by atoms with Crippen LogP contribution in [0.3, 0.4) is 0 Å². The van der Waals surface area contributed by atoms with E-state index in [0.29, 0.717) is 21.6 Å². The molecule has 0 saturated carbocycles. The zero-order chi connectivity index (χ0) is 24.4. The summed E-state index contributed by atoms with van der Waals surface area (Å²) in [6.07, 6.45) is 12.0. The highest BCUT2D eigenvalue weighted by molar-refractivity contribution is 7.80. The van der Waals surface area contributed by atoms with Crippen molar-refractivity contribution in [1.29, 1.82) is 0 Å². The van der Waals surface area contributed by atoms with Crippen molar-refractivity contribution in [3.8, 4) is 0 Å². The normalized spacial score (nSPS) is 10.5. The molecule has 0 atom stereocenters. The largest absolute Gasteiger partial charge is 0.362 e. The van der Waals surface area contributed by atoms with Crippen LogP contribution in [0.1, 0.15) is 64.2 Å². The number of unbranched alkanes of at least 4 members (excludes halogenated alkanes) is 9. The molecule has 0 aliphatic heterocycles. The Labute approximate surface area is 213 Å². The summed E-state index contributed by atoms with van der Waals surface area (Å²) in [6, 6.07) is 13.0. The van der Waals surface area contributed by atoms with Crippen molar-refractivity contribution in [3.05, 3.63) is 60.2 Å². The standard InChI is InChI=1S/C26H36F2N4S2/c27-21-15-9-11-17-23(21)31-25(33)29-19-13-7-5-3-1-2-4-6-8-14-20-30-26(34)32-24-18-12-10-16-22(24)28/h9-12,15-18H,1-8,13-14,19-20H2,(H2,29,31,33)(H2,30,32,34). The number of rotatable bonds is 15. The molecule has 2 rings (SSSR count). The van der Waals surface area contributed by atoms with Gasteiger partial charge in [0.2, 0.25) is 0 Å². The number of nitrogens with one attached hydrogen (secondary N) is 4. The fourth-order valence-electron chi connectivity index (χ4n) is 3.53. The lowest BCUT2D eigenvalue weighted by molar-refractivity contribution is 0.549. The zero-order valence-electron chi connectivity index (χ0n) is 19.7. The molecule has 186 valence electrons. The Bertz CT molecular complexity index is 808. The average Bonchev–Trinajstić information content (AvgIpc) is 2.82. The van der Waals surface area contributed by atoms with Crippen LogP contribution in [-0.2, 0) is 0 Å². The first-order valence-electron chi connectivity index (χ1n) is 12.1. The van der Waals surface area contributed by atoms with E-state index < -0.39 is 0 Å². The van der Waals surface area contributed by atoms with Crippen LogP contribution in [0.25, 0.3) is 0 Å². The molecule has 4 nitrogen and oxygen atoms in total. The SMILES string of the molecule is Fc1ccccc1NC(=S)NCCCCCCCCCCCCNC(=S)Nc1ccccc1F. The van der Waals surface area contributed by atoms with Gasteiger partial charge in [-0.05, 0) is 61.5 Å². The lowest BCUT2D eigenvalue weighted by Gasteiger charge is -2.11. The molecule has 0 bridgehead atoms. The molecule has 0 spiro atoms. The number of para-hydroxylation sites is 2. The summed E-state index contributed by atoms with van der Waals surface area (Å²) in [5.74, 6) is -0.609. The zero-order valence-corrected chi connectivity index (χ0v) is 21.3. The quantitative estimate of drug-likeness (QED) is 0.152. The van der Waals surface area contributed by atoms with E-state index in [1.165, 1.54) is 63.5 Å². The summed E-state index contributed by atoms with van der Waals surface area (Å²) in [7, 11) is 0. The second-order valence-electron chi connectivity index (χ2n) is 8.26. The first-order valence-corrected chi connectivity index (χ1v) is 13.0. The summed E-state index contributed by atoms with van der Waals surface area (Å²) in [6.45, 7) is 1.60. The van der Waals surface area contributed by atoms with Gasteiger partial charge in [-0.25, -0.2) is 8.78 Å². The Kier molecular flexibility index (Phi) is 14.1. The minimum Gasteiger partial charge on any atom is -0.362 e. The van der Waals surface area contributed by atoms with Gasteiger partial charge in [-0.3, -0.25) is 0 Å². The third-order valence-electron chi connectivity index (χ3n) is 5.42. The highest BCUT2D eigenvalue weighted by Crippen LogP contribution is 2.13. The van der Waals surface area contributed by atoms with Crippen molar-refractivity contribution in [3.63, 3.8) is 0 Å². The van der Waals surface area contributed by atoms with E-state index in [1.807, 2.05) is 0 Å². The predicted molar refractivity (Wildman–Crippen MR) is 147 cm³/mol. The molecule has 0 unspecified atom stereocenters. The van der Waals surface area contributed by atoms with Gasteiger partial charge < -0.3 is 21.3 Å². The molecule has 0 amide bonds. The van der Waals surface area contributed by atoms with E-state index in [1.54, 1.807) is 36.4 Å². The summed E-state index contributed by atoms with van der Waals surface area (Å²) in [5.41, 5.74) is 0.799. The van der Waals surface area contributed by atoms with E-state index in [2.05, 4.69) is 21.3 Å². The lowest BCUT2D eigenvalue weighted by atomic mass is 10.1. The van der Waals surface area contributed by atoms with Crippen LogP contribution in [0.5, 0.6) is 0 Å². The molecule has 0 radical (unpaired) electrons. The van der Waals surface area contributed by atoms with E-state index in [-0.39, 0.29) is 11.6 Å². The summed E-state index contributed by atoms with van der Waals surface area (Å²) < 4.78 is 27.2. The molecule has 0 heterocycles. The number of benzene rings is 2. The van der Waals surface area contributed by atoms with Crippen molar-refractivity contribution in [2.75, 3.05) is 23.7 Å². The van der Waals surface area contributed by atoms with Crippen LogP contribution in [0.2, 0.25) is 0 Å². The first-order chi connectivity index (χ1) is 16.6. The Morgan fingerprint density at radius 3 is 1.21 bits per heavy atom. The summed E-state index contributed by atoms with van der Waals surface area (Å²) >= 11 is 10.4. The van der Waals surface area contributed by atoms with Crippen LogP contribution in [0.4, 0.5) is 20.2 Å². The number of halogens is 2. The van der Waals surface area contributed by atoms with Gasteiger partial charge in [0, 0.05) is 13.1 Å². The molecule has 0 fully saturated rings. The van der Waals surface area contributed by atoms with Crippen molar-refractivity contribution in [2.45, 2.75) is 64.2 Å². The second kappa shape index (κ2) is 17.2.